The van der Waals surface area contributed by atoms with E-state index in [1.807, 2.05) is 6.92 Å². The summed E-state index contributed by atoms with van der Waals surface area (Å²) in [4.78, 5) is 15.0. The highest BCUT2D eigenvalue weighted by atomic mass is 16.5. The summed E-state index contributed by atoms with van der Waals surface area (Å²) in [5, 5.41) is 6.92. The Morgan fingerprint density at radius 3 is 3.00 bits per heavy atom. The molecule has 0 spiro atoms. The molecule has 2 aliphatic rings. The highest BCUT2D eigenvalue weighted by molar-refractivity contribution is 5.82. The van der Waals surface area contributed by atoms with Gasteiger partial charge in [-0.25, -0.2) is 0 Å². The zero-order valence-electron chi connectivity index (χ0n) is 11.5. The Morgan fingerprint density at radius 1 is 1.58 bits per heavy atom. The molecule has 2 aliphatic carbocycles. The van der Waals surface area contributed by atoms with E-state index < -0.39 is 5.54 Å². The van der Waals surface area contributed by atoms with E-state index in [2.05, 4.69) is 15.3 Å². The van der Waals surface area contributed by atoms with Crippen LogP contribution >= 0.6 is 0 Å². The molecule has 0 aromatic rings. The normalized spacial score (nSPS) is 32.1. The third-order valence-corrected chi connectivity index (χ3v) is 4.43. The van der Waals surface area contributed by atoms with E-state index in [9.17, 15) is 4.79 Å². The second kappa shape index (κ2) is 6.26. The molecule has 6 nitrogen and oxygen atoms in total. The zero-order valence-corrected chi connectivity index (χ0v) is 11.5. The number of nitrogens with zero attached hydrogens (tertiary/aromatic N) is 3. The van der Waals surface area contributed by atoms with E-state index >= 15 is 0 Å². The molecule has 0 aromatic carbocycles. The predicted molar refractivity (Wildman–Crippen MR) is 71.4 cm³/mol. The van der Waals surface area contributed by atoms with Crippen LogP contribution in [-0.4, -0.2) is 31.2 Å². The number of ether oxygens (including phenoxy) is 1. The van der Waals surface area contributed by atoms with Crippen molar-refractivity contribution in [1.82, 2.24) is 5.32 Å². The van der Waals surface area contributed by atoms with Crippen molar-refractivity contribution in [2.75, 3.05) is 19.7 Å². The maximum Gasteiger partial charge on any atom is 0.326 e. The predicted octanol–water partition coefficient (Wildman–Crippen LogP) is 2.40. The third-order valence-electron chi connectivity index (χ3n) is 4.43. The summed E-state index contributed by atoms with van der Waals surface area (Å²) in [6.07, 6.45) is 5.15. The number of fused-ring (bicyclic) bond motifs is 2. The van der Waals surface area contributed by atoms with Crippen LogP contribution in [0.5, 0.6) is 0 Å². The van der Waals surface area contributed by atoms with Crippen LogP contribution in [-0.2, 0) is 9.53 Å². The molecule has 0 saturated heterocycles. The standard InChI is InChI=1S/C13H22N4O2/c1-2-19-12(18)13(15-6-3-7-16-17-14)9-10-4-5-11(13)8-10/h10-11,15H,2-9H2,1H3. The molecule has 0 radical (unpaired) electrons. The number of carbonyl (C=O) groups is 1. The first kappa shape index (κ1) is 14.2. The summed E-state index contributed by atoms with van der Waals surface area (Å²) in [5.74, 6) is 0.987. The Labute approximate surface area is 113 Å². The number of hydrogen-bond acceptors (Lipinski definition) is 4. The van der Waals surface area contributed by atoms with Crippen LogP contribution in [0.3, 0.4) is 0 Å². The molecule has 2 rings (SSSR count). The molecule has 2 saturated carbocycles. The minimum atomic E-state index is -0.477. The first-order chi connectivity index (χ1) is 9.23. The summed E-state index contributed by atoms with van der Waals surface area (Å²) < 4.78 is 5.28. The molecule has 1 N–H and O–H groups in total. The van der Waals surface area contributed by atoms with E-state index in [0.717, 1.165) is 25.7 Å². The van der Waals surface area contributed by atoms with Crippen molar-refractivity contribution in [3.05, 3.63) is 10.4 Å². The lowest BCUT2D eigenvalue weighted by atomic mass is 9.80. The van der Waals surface area contributed by atoms with Gasteiger partial charge >= 0.3 is 5.97 Å². The maximum absolute atomic E-state index is 12.3. The molecule has 0 aliphatic heterocycles. The smallest absolute Gasteiger partial charge is 0.326 e. The minimum absolute atomic E-state index is 0.0917. The Kier molecular flexibility index (Phi) is 4.66. The lowest BCUT2D eigenvalue weighted by molar-refractivity contribution is -0.153. The van der Waals surface area contributed by atoms with Crippen LogP contribution in [0.15, 0.2) is 5.11 Å². The van der Waals surface area contributed by atoms with Gasteiger partial charge in [-0.05, 0) is 56.5 Å². The van der Waals surface area contributed by atoms with Gasteiger partial charge in [0, 0.05) is 11.5 Å². The van der Waals surface area contributed by atoms with Gasteiger partial charge in [0.25, 0.3) is 0 Å². The van der Waals surface area contributed by atoms with Crippen LogP contribution < -0.4 is 5.32 Å². The highest BCUT2D eigenvalue weighted by Crippen LogP contribution is 2.51. The average molecular weight is 266 g/mol. The van der Waals surface area contributed by atoms with Crippen molar-refractivity contribution in [2.45, 2.75) is 44.6 Å². The van der Waals surface area contributed by atoms with Crippen molar-refractivity contribution in [3.8, 4) is 0 Å². The minimum Gasteiger partial charge on any atom is -0.465 e. The lowest BCUT2D eigenvalue weighted by Crippen LogP contribution is -2.57. The SMILES string of the molecule is CCOC(=O)C1(NCCCN=[N+]=[N-])CC2CCC1C2. The fourth-order valence-corrected chi connectivity index (χ4v) is 3.63. The lowest BCUT2D eigenvalue weighted by Gasteiger charge is -2.36. The summed E-state index contributed by atoms with van der Waals surface area (Å²) >= 11 is 0. The molecule has 0 amide bonds. The quantitative estimate of drug-likeness (QED) is 0.252. The fraction of sp³-hybridized carbons (Fsp3) is 0.923. The summed E-state index contributed by atoms with van der Waals surface area (Å²) in [5.41, 5.74) is 7.76. The molecule has 2 fully saturated rings. The van der Waals surface area contributed by atoms with Crippen molar-refractivity contribution >= 4 is 5.97 Å². The van der Waals surface area contributed by atoms with Crippen molar-refractivity contribution in [2.24, 2.45) is 17.0 Å². The number of esters is 1. The van der Waals surface area contributed by atoms with Crippen molar-refractivity contribution in [1.29, 1.82) is 0 Å². The fourth-order valence-electron chi connectivity index (χ4n) is 3.63. The van der Waals surface area contributed by atoms with Crippen molar-refractivity contribution < 1.29 is 9.53 Å². The van der Waals surface area contributed by atoms with E-state index in [-0.39, 0.29) is 5.97 Å². The molecule has 0 aromatic heterocycles. The summed E-state index contributed by atoms with van der Waals surface area (Å²) in [7, 11) is 0. The molecule has 106 valence electrons. The van der Waals surface area contributed by atoms with Gasteiger partial charge in [0.05, 0.1) is 6.61 Å². The van der Waals surface area contributed by atoms with Gasteiger partial charge in [-0.3, -0.25) is 4.79 Å². The van der Waals surface area contributed by atoms with E-state index in [1.165, 1.54) is 6.42 Å². The molecule has 19 heavy (non-hydrogen) atoms. The summed E-state index contributed by atoms with van der Waals surface area (Å²) in [6.45, 7) is 3.44. The molecule has 2 bridgehead atoms. The Hall–Kier alpha value is -1.26. The zero-order chi connectivity index (χ0) is 13.7. The molecular weight excluding hydrogens is 244 g/mol. The van der Waals surface area contributed by atoms with Crippen LogP contribution in [0.4, 0.5) is 0 Å². The van der Waals surface area contributed by atoms with E-state index in [4.69, 9.17) is 10.3 Å². The van der Waals surface area contributed by atoms with Crippen molar-refractivity contribution in [3.63, 3.8) is 0 Å². The first-order valence-electron chi connectivity index (χ1n) is 7.16. The van der Waals surface area contributed by atoms with Gasteiger partial charge in [-0.15, -0.1) is 0 Å². The number of nitrogens with one attached hydrogen (secondary N) is 1. The topological polar surface area (TPSA) is 87.1 Å². The van der Waals surface area contributed by atoms with Gasteiger partial charge < -0.3 is 10.1 Å². The molecule has 3 unspecified atom stereocenters. The molecule has 6 heteroatoms. The Morgan fingerprint density at radius 2 is 2.42 bits per heavy atom. The van der Waals surface area contributed by atoms with Gasteiger partial charge in [0.2, 0.25) is 0 Å². The highest BCUT2D eigenvalue weighted by Gasteiger charge is 2.56. The second-order valence-corrected chi connectivity index (χ2v) is 5.51. The van der Waals surface area contributed by atoms with E-state index in [1.54, 1.807) is 0 Å². The maximum atomic E-state index is 12.3. The van der Waals surface area contributed by atoms with Crippen LogP contribution in [0.2, 0.25) is 0 Å². The Bertz CT molecular complexity index is 381. The van der Waals surface area contributed by atoms with Gasteiger partial charge in [-0.2, -0.15) is 0 Å². The molecule has 0 heterocycles. The van der Waals surface area contributed by atoms with Gasteiger partial charge in [-0.1, -0.05) is 11.5 Å². The molecule has 3 atom stereocenters. The second-order valence-electron chi connectivity index (χ2n) is 5.51. The van der Waals surface area contributed by atoms with Crippen LogP contribution in [0.25, 0.3) is 10.4 Å². The Balaban J connectivity index is 1.95. The summed E-state index contributed by atoms with van der Waals surface area (Å²) in [6, 6.07) is 0. The van der Waals surface area contributed by atoms with E-state index in [0.29, 0.717) is 31.5 Å². The van der Waals surface area contributed by atoms with Gasteiger partial charge in [0.1, 0.15) is 5.54 Å². The number of hydrogen-bond donors (Lipinski definition) is 1. The van der Waals surface area contributed by atoms with Gasteiger partial charge in [0.15, 0.2) is 0 Å². The number of carbonyl (C=O) groups excluding carboxylic acids is 1. The van der Waals surface area contributed by atoms with Crippen LogP contribution in [0.1, 0.15) is 39.0 Å². The average Bonchev–Trinajstić information content (AvgIpc) is 3.00. The van der Waals surface area contributed by atoms with Crippen LogP contribution in [0, 0.1) is 11.8 Å². The monoisotopic (exact) mass is 266 g/mol. The largest absolute Gasteiger partial charge is 0.465 e. The number of azide groups is 1. The molecular formula is C13H22N4O2. The first-order valence-corrected chi connectivity index (χ1v) is 7.16. The third kappa shape index (κ3) is 2.85. The number of rotatable bonds is 7.